The zero-order chi connectivity index (χ0) is 9.84. The summed E-state index contributed by atoms with van der Waals surface area (Å²) in [6.45, 7) is 2.58. The number of hydrogen-bond donors (Lipinski definition) is 1. The van der Waals surface area contributed by atoms with Crippen molar-refractivity contribution in [2.24, 2.45) is 5.92 Å². The number of carbonyl (C=O) groups excluding carboxylic acids is 1. The molecule has 0 aliphatic heterocycles. The molecule has 74 valence electrons. The standard InChI is InChI=1S/C9H15NO3/c1-7(11)10(5-4-9(12)13)6-8-2-3-8/h8H,2-6H2,1H3,(H,12,13). The molecule has 0 heterocycles. The summed E-state index contributed by atoms with van der Waals surface area (Å²) in [6.07, 6.45) is 2.40. The van der Waals surface area contributed by atoms with E-state index in [1.54, 1.807) is 4.90 Å². The van der Waals surface area contributed by atoms with Crippen LogP contribution in [-0.4, -0.2) is 35.0 Å². The zero-order valence-corrected chi connectivity index (χ0v) is 7.82. The number of hydrogen-bond acceptors (Lipinski definition) is 2. The molecule has 1 saturated carbocycles. The molecule has 1 rings (SSSR count). The first-order chi connectivity index (χ1) is 6.09. The van der Waals surface area contributed by atoms with Crippen LogP contribution in [0.4, 0.5) is 0 Å². The highest BCUT2D eigenvalue weighted by atomic mass is 16.4. The summed E-state index contributed by atoms with van der Waals surface area (Å²) in [6, 6.07) is 0. The summed E-state index contributed by atoms with van der Waals surface area (Å²) < 4.78 is 0. The molecule has 13 heavy (non-hydrogen) atoms. The van der Waals surface area contributed by atoms with Gasteiger partial charge >= 0.3 is 5.97 Å². The van der Waals surface area contributed by atoms with Crippen molar-refractivity contribution < 1.29 is 14.7 Å². The molecule has 0 aromatic heterocycles. The summed E-state index contributed by atoms with van der Waals surface area (Å²) in [5.74, 6) is -0.243. The summed E-state index contributed by atoms with van der Waals surface area (Å²) in [7, 11) is 0. The lowest BCUT2D eigenvalue weighted by molar-refractivity contribution is -0.138. The van der Waals surface area contributed by atoms with E-state index in [4.69, 9.17) is 5.11 Å². The quantitative estimate of drug-likeness (QED) is 0.686. The molecular formula is C9H15NO3. The van der Waals surface area contributed by atoms with E-state index in [2.05, 4.69) is 0 Å². The van der Waals surface area contributed by atoms with E-state index >= 15 is 0 Å². The lowest BCUT2D eigenvalue weighted by atomic mass is 10.3. The third-order valence-electron chi connectivity index (χ3n) is 2.22. The third kappa shape index (κ3) is 3.92. The van der Waals surface area contributed by atoms with Crippen LogP contribution in [0.5, 0.6) is 0 Å². The predicted octanol–water partition coefficient (Wildman–Crippen LogP) is 0.720. The lowest BCUT2D eigenvalue weighted by Gasteiger charge is -2.19. The second kappa shape index (κ2) is 4.25. The number of rotatable bonds is 5. The minimum absolute atomic E-state index is 0.0202. The normalized spacial score (nSPS) is 15.5. The molecule has 0 spiro atoms. The molecule has 4 nitrogen and oxygen atoms in total. The zero-order valence-electron chi connectivity index (χ0n) is 7.82. The highest BCUT2D eigenvalue weighted by molar-refractivity contribution is 5.74. The van der Waals surface area contributed by atoms with E-state index in [1.807, 2.05) is 0 Å². The van der Waals surface area contributed by atoms with Crippen LogP contribution in [-0.2, 0) is 9.59 Å². The lowest BCUT2D eigenvalue weighted by Crippen LogP contribution is -2.32. The molecular weight excluding hydrogens is 170 g/mol. The van der Waals surface area contributed by atoms with Crippen molar-refractivity contribution in [3.8, 4) is 0 Å². The third-order valence-corrected chi connectivity index (χ3v) is 2.22. The van der Waals surface area contributed by atoms with E-state index in [-0.39, 0.29) is 12.3 Å². The van der Waals surface area contributed by atoms with Crippen LogP contribution >= 0.6 is 0 Å². The van der Waals surface area contributed by atoms with E-state index < -0.39 is 5.97 Å². The number of amides is 1. The predicted molar refractivity (Wildman–Crippen MR) is 47.2 cm³/mol. The minimum atomic E-state index is -0.845. The Kier molecular flexibility index (Phi) is 3.28. The van der Waals surface area contributed by atoms with Crippen molar-refractivity contribution in [2.45, 2.75) is 26.2 Å². The molecule has 1 amide bonds. The number of carboxylic acids is 1. The Labute approximate surface area is 77.5 Å². The molecule has 0 atom stereocenters. The number of carbonyl (C=O) groups is 2. The Morgan fingerprint density at radius 3 is 2.46 bits per heavy atom. The average molecular weight is 185 g/mol. The van der Waals surface area contributed by atoms with Gasteiger partial charge in [-0.3, -0.25) is 9.59 Å². The molecule has 0 saturated heterocycles. The van der Waals surface area contributed by atoms with Gasteiger partial charge in [-0.05, 0) is 18.8 Å². The van der Waals surface area contributed by atoms with Crippen LogP contribution in [0.25, 0.3) is 0 Å². The summed E-state index contributed by atoms with van der Waals surface area (Å²) in [5.41, 5.74) is 0. The Hall–Kier alpha value is -1.06. The summed E-state index contributed by atoms with van der Waals surface area (Å²) in [5, 5.41) is 8.46. The van der Waals surface area contributed by atoms with Gasteiger partial charge in [0.05, 0.1) is 6.42 Å². The second-order valence-electron chi connectivity index (χ2n) is 3.55. The van der Waals surface area contributed by atoms with E-state index in [0.29, 0.717) is 12.5 Å². The van der Waals surface area contributed by atoms with Gasteiger partial charge in [0.1, 0.15) is 0 Å². The van der Waals surface area contributed by atoms with E-state index in [0.717, 1.165) is 6.54 Å². The van der Waals surface area contributed by atoms with Crippen molar-refractivity contribution in [3.05, 3.63) is 0 Å². The van der Waals surface area contributed by atoms with Crippen LogP contribution in [0.2, 0.25) is 0 Å². The SMILES string of the molecule is CC(=O)N(CCC(=O)O)CC1CC1. The van der Waals surface area contributed by atoms with Gasteiger partial charge in [0, 0.05) is 20.0 Å². The van der Waals surface area contributed by atoms with Crippen LogP contribution in [0.15, 0.2) is 0 Å². The fourth-order valence-corrected chi connectivity index (χ4v) is 1.22. The molecule has 0 unspecified atom stereocenters. The van der Waals surface area contributed by atoms with Crippen LogP contribution in [0.3, 0.4) is 0 Å². The average Bonchev–Trinajstić information content (AvgIpc) is 2.80. The van der Waals surface area contributed by atoms with Gasteiger partial charge in [0.25, 0.3) is 0 Å². The summed E-state index contributed by atoms with van der Waals surface area (Å²) in [4.78, 5) is 23.0. The summed E-state index contributed by atoms with van der Waals surface area (Å²) >= 11 is 0. The Morgan fingerprint density at radius 2 is 2.08 bits per heavy atom. The number of nitrogens with zero attached hydrogens (tertiary/aromatic N) is 1. The van der Waals surface area contributed by atoms with Gasteiger partial charge in [-0.15, -0.1) is 0 Å². The number of aliphatic carboxylic acids is 1. The monoisotopic (exact) mass is 185 g/mol. The van der Waals surface area contributed by atoms with Crippen LogP contribution in [0, 0.1) is 5.92 Å². The largest absolute Gasteiger partial charge is 0.481 e. The fourth-order valence-electron chi connectivity index (χ4n) is 1.22. The molecule has 0 aromatic rings. The van der Waals surface area contributed by atoms with Crippen molar-refractivity contribution in [3.63, 3.8) is 0 Å². The Morgan fingerprint density at radius 1 is 1.46 bits per heavy atom. The van der Waals surface area contributed by atoms with Crippen molar-refractivity contribution in [1.29, 1.82) is 0 Å². The molecule has 4 heteroatoms. The van der Waals surface area contributed by atoms with E-state index in [9.17, 15) is 9.59 Å². The highest BCUT2D eigenvalue weighted by Gasteiger charge is 2.25. The van der Waals surface area contributed by atoms with Crippen LogP contribution in [0.1, 0.15) is 26.2 Å². The first kappa shape index (κ1) is 10.0. The topological polar surface area (TPSA) is 57.6 Å². The van der Waals surface area contributed by atoms with Crippen LogP contribution < -0.4 is 0 Å². The van der Waals surface area contributed by atoms with Crippen molar-refractivity contribution in [1.82, 2.24) is 4.90 Å². The first-order valence-corrected chi connectivity index (χ1v) is 4.57. The Balaban J connectivity index is 2.28. The van der Waals surface area contributed by atoms with E-state index in [1.165, 1.54) is 19.8 Å². The molecule has 0 radical (unpaired) electrons. The number of carboxylic acid groups (broad SMARTS) is 1. The fraction of sp³-hybridized carbons (Fsp3) is 0.778. The Bertz CT molecular complexity index is 211. The van der Waals surface area contributed by atoms with Gasteiger partial charge in [-0.1, -0.05) is 0 Å². The maximum atomic E-state index is 11.1. The minimum Gasteiger partial charge on any atom is -0.481 e. The molecule has 0 aromatic carbocycles. The molecule has 0 bridgehead atoms. The van der Waals surface area contributed by atoms with Gasteiger partial charge in [0.15, 0.2) is 0 Å². The molecule has 1 fully saturated rings. The molecule has 1 N–H and O–H groups in total. The maximum Gasteiger partial charge on any atom is 0.305 e. The van der Waals surface area contributed by atoms with Crippen molar-refractivity contribution >= 4 is 11.9 Å². The van der Waals surface area contributed by atoms with Gasteiger partial charge in [-0.25, -0.2) is 0 Å². The molecule has 1 aliphatic carbocycles. The first-order valence-electron chi connectivity index (χ1n) is 4.57. The second-order valence-corrected chi connectivity index (χ2v) is 3.55. The molecule has 1 aliphatic rings. The van der Waals surface area contributed by atoms with Gasteiger partial charge in [0.2, 0.25) is 5.91 Å². The smallest absolute Gasteiger partial charge is 0.305 e. The highest BCUT2D eigenvalue weighted by Crippen LogP contribution is 2.29. The van der Waals surface area contributed by atoms with Gasteiger partial charge in [-0.2, -0.15) is 0 Å². The van der Waals surface area contributed by atoms with Crippen molar-refractivity contribution in [2.75, 3.05) is 13.1 Å². The van der Waals surface area contributed by atoms with Gasteiger partial charge < -0.3 is 10.0 Å². The maximum absolute atomic E-state index is 11.1.